The lowest BCUT2D eigenvalue weighted by atomic mass is 9.81. The molecule has 0 heterocycles. The standard InChI is InChI=1S/C26H34/c1-8-11-18-14-15-22(21-13-10-9-12-20(18)21)23-16-19(25(2,3)4)17-24(23)26(5,6)7/h9-10,12-15,17H,8,11,16H2,1-7H3. The number of benzene rings is 2. The van der Waals surface area contributed by atoms with Crippen LogP contribution < -0.4 is 0 Å². The summed E-state index contributed by atoms with van der Waals surface area (Å²) >= 11 is 0. The molecule has 0 bridgehead atoms. The van der Waals surface area contributed by atoms with E-state index in [9.17, 15) is 0 Å². The molecule has 0 fully saturated rings. The Kier molecular flexibility index (Phi) is 4.90. The normalized spacial score (nSPS) is 15.7. The van der Waals surface area contributed by atoms with Gasteiger partial charge in [-0.15, -0.1) is 0 Å². The summed E-state index contributed by atoms with van der Waals surface area (Å²) in [5, 5.41) is 2.84. The second-order valence-electron chi connectivity index (χ2n) is 9.81. The van der Waals surface area contributed by atoms with Crippen molar-refractivity contribution in [1.82, 2.24) is 0 Å². The van der Waals surface area contributed by atoms with Gasteiger partial charge in [0.15, 0.2) is 0 Å². The van der Waals surface area contributed by atoms with Crippen LogP contribution in [-0.2, 0) is 6.42 Å². The van der Waals surface area contributed by atoms with Crippen molar-refractivity contribution in [2.24, 2.45) is 10.8 Å². The smallest absolute Gasteiger partial charge is 0.00495 e. The molecular formula is C26H34. The topological polar surface area (TPSA) is 0 Å². The van der Waals surface area contributed by atoms with Gasteiger partial charge in [0.1, 0.15) is 0 Å². The highest BCUT2D eigenvalue weighted by Crippen LogP contribution is 2.48. The third-order valence-corrected chi connectivity index (χ3v) is 5.64. The number of allylic oxidation sites excluding steroid dienone is 4. The monoisotopic (exact) mass is 346 g/mol. The van der Waals surface area contributed by atoms with Gasteiger partial charge in [0.2, 0.25) is 0 Å². The molecule has 0 N–H and O–H groups in total. The van der Waals surface area contributed by atoms with Crippen molar-refractivity contribution in [3.05, 3.63) is 64.7 Å². The largest absolute Gasteiger partial charge is 0.0651 e. The Morgan fingerprint density at radius 2 is 1.46 bits per heavy atom. The molecule has 26 heavy (non-hydrogen) atoms. The summed E-state index contributed by atoms with van der Waals surface area (Å²) in [5.74, 6) is 0. The summed E-state index contributed by atoms with van der Waals surface area (Å²) in [4.78, 5) is 0. The van der Waals surface area contributed by atoms with Crippen molar-refractivity contribution >= 4 is 16.3 Å². The minimum absolute atomic E-state index is 0.158. The molecular weight excluding hydrogens is 312 g/mol. The molecule has 0 saturated carbocycles. The van der Waals surface area contributed by atoms with Gasteiger partial charge in [0, 0.05) is 0 Å². The summed E-state index contributed by atoms with van der Waals surface area (Å²) in [7, 11) is 0. The SMILES string of the molecule is CCCc1ccc(C2=C(C(C)(C)C)C=C(C(C)(C)C)C2)c2ccccc12. The van der Waals surface area contributed by atoms with Crippen LogP contribution in [0.5, 0.6) is 0 Å². The quantitative estimate of drug-likeness (QED) is 0.528. The summed E-state index contributed by atoms with van der Waals surface area (Å²) in [6.45, 7) is 16.3. The Balaban J connectivity index is 2.21. The Bertz CT molecular complexity index is 876. The van der Waals surface area contributed by atoms with E-state index in [2.05, 4.69) is 90.9 Å². The van der Waals surface area contributed by atoms with E-state index in [0.29, 0.717) is 0 Å². The molecule has 0 atom stereocenters. The van der Waals surface area contributed by atoms with Crippen LogP contribution in [0, 0.1) is 10.8 Å². The third-order valence-electron chi connectivity index (χ3n) is 5.64. The van der Waals surface area contributed by atoms with Gasteiger partial charge in [-0.3, -0.25) is 0 Å². The molecule has 0 heteroatoms. The zero-order chi connectivity index (χ0) is 19.1. The zero-order valence-corrected chi connectivity index (χ0v) is 17.7. The van der Waals surface area contributed by atoms with Crippen LogP contribution in [0.1, 0.15) is 72.4 Å². The van der Waals surface area contributed by atoms with Crippen LogP contribution >= 0.6 is 0 Å². The molecule has 0 aliphatic heterocycles. The van der Waals surface area contributed by atoms with Gasteiger partial charge >= 0.3 is 0 Å². The van der Waals surface area contributed by atoms with Crippen molar-refractivity contribution in [3.63, 3.8) is 0 Å². The highest BCUT2D eigenvalue weighted by molar-refractivity contribution is 5.98. The lowest BCUT2D eigenvalue weighted by Crippen LogP contribution is -2.09. The first kappa shape index (κ1) is 19.0. The highest BCUT2D eigenvalue weighted by atomic mass is 14.4. The fourth-order valence-corrected chi connectivity index (χ4v) is 4.10. The average molecular weight is 347 g/mol. The van der Waals surface area contributed by atoms with Crippen molar-refractivity contribution in [2.75, 3.05) is 0 Å². The number of aryl methyl sites for hydroxylation is 1. The molecule has 0 nitrogen and oxygen atoms in total. The van der Waals surface area contributed by atoms with E-state index in [1.807, 2.05) is 0 Å². The molecule has 0 radical (unpaired) electrons. The van der Waals surface area contributed by atoms with Gasteiger partial charge in [-0.25, -0.2) is 0 Å². The molecule has 0 unspecified atom stereocenters. The molecule has 0 spiro atoms. The molecule has 1 aliphatic rings. The molecule has 2 aromatic carbocycles. The minimum Gasteiger partial charge on any atom is -0.0651 e. The van der Waals surface area contributed by atoms with Gasteiger partial charge in [0.05, 0.1) is 0 Å². The first-order valence-electron chi connectivity index (χ1n) is 10.1. The number of hydrogen-bond acceptors (Lipinski definition) is 0. The molecule has 3 rings (SSSR count). The first-order chi connectivity index (χ1) is 12.1. The van der Waals surface area contributed by atoms with E-state index < -0.39 is 0 Å². The lowest BCUT2D eigenvalue weighted by Gasteiger charge is -2.23. The van der Waals surface area contributed by atoms with Gasteiger partial charge < -0.3 is 0 Å². The van der Waals surface area contributed by atoms with E-state index in [-0.39, 0.29) is 10.8 Å². The van der Waals surface area contributed by atoms with Crippen LogP contribution in [-0.4, -0.2) is 0 Å². The molecule has 0 saturated heterocycles. The molecule has 1 aliphatic carbocycles. The van der Waals surface area contributed by atoms with E-state index in [4.69, 9.17) is 0 Å². The number of hydrogen-bond donors (Lipinski definition) is 0. The molecule has 0 aromatic heterocycles. The Hall–Kier alpha value is -1.82. The summed E-state index contributed by atoms with van der Waals surface area (Å²) in [5.41, 5.74) is 7.88. The lowest BCUT2D eigenvalue weighted by molar-refractivity contribution is 0.494. The maximum absolute atomic E-state index is 2.49. The van der Waals surface area contributed by atoms with Gasteiger partial charge in [-0.2, -0.15) is 0 Å². The number of fused-ring (bicyclic) bond motifs is 1. The van der Waals surface area contributed by atoms with Crippen molar-refractivity contribution in [2.45, 2.75) is 67.7 Å². The van der Waals surface area contributed by atoms with E-state index in [0.717, 1.165) is 12.8 Å². The fourth-order valence-electron chi connectivity index (χ4n) is 4.10. The maximum Gasteiger partial charge on any atom is -0.00495 e. The highest BCUT2D eigenvalue weighted by Gasteiger charge is 2.31. The van der Waals surface area contributed by atoms with Crippen molar-refractivity contribution in [3.8, 4) is 0 Å². The van der Waals surface area contributed by atoms with Gasteiger partial charge in [0.25, 0.3) is 0 Å². The Morgan fingerprint density at radius 1 is 0.808 bits per heavy atom. The van der Waals surface area contributed by atoms with E-state index >= 15 is 0 Å². The van der Waals surface area contributed by atoms with Crippen LogP contribution in [0.25, 0.3) is 16.3 Å². The summed E-state index contributed by atoms with van der Waals surface area (Å²) < 4.78 is 0. The van der Waals surface area contributed by atoms with E-state index in [1.54, 1.807) is 5.57 Å². The molecule has 2 aromatic rings. The van der Waals surface area contributed by atoms with Crippen LogP contribution in [0.15, 0.2) is 53.6 Å². The second kappa shape index (κ2) is 6.72. The second-order valence-corrected chi connectivity index (χ2v) is 9.81. The summed E-state index contributed by atoms with van der Waals surface area (Å²) in [6, 6.07) is 13.7. The van der Waals surface area contributed by atoms with Crippen LogP contribution in [0.3, 0.4) is 0 Å². The molecule has 138 valence electrons. The number of rotatable bonds is 3. The maximum atomic E-state index is 2.49. The zero-order valence-electron chi connectivity index (χ0n) is 17.7. The van der Waals surface area contributed by atoms with Crippen LogP contribution in [0.2, 0.25) is 0 Å². The van der Waals surface area contributed by atoms with Gasteiger partial charge in [-0.1, -0.05) is 103 Å². The Labute approximate surface area is 160 Å². The first-order valence-corrected chi connectivity index (χ1v) is 10.1. The van der Waals surface area contributed by atoms with E-state index in [1.165, 1.54) is 39.5 Å². The molecule has 0 amide bonds. The summed E-state index contributed by atoms with van der Waals surface area (Å²) in [6.07, 6.45) is 5.91. The third kappa shape index (κ3) is 3.52. The fraction of sp³-hybridized carbons (Fsp3) is 0.462. The van der Waals surface area contributed by atoms with Gasteiger partial charge in [-0.05, 0) is 56.7 Å². The average Bonchev–Trinajstić information content (AvgIpc) is 3.01. The van der Waals surface area contributed by atoms with Crippen molar-refractivity contribution in [1.29, 1.82) is 0 Å². The predicted octanol–water partition coefficient (Wildman–Crippen LogP) is 7.97. The van der Waals surface area contributed by atoms with Crippen LogP contribution in [0.4, 0.5) is 0 Å². The predicted molar refractivity (Wildman–Crippen MR) is 116 cm³/mol. The Morgan fingerprint density at radius 3 is 2.04 bits per heavy atom. The van der Waals surface area contributed by atoms with Crippen molar-refractivity contribution < 1.29 is 0 Å². The minimum atomic E-state index is 0.158.